The van der Waals surface area contributed by atoms with Crippen molar-refractivity contribution >= 4 is 23.3 Å². The van der Waals surface area contributed by atoms with E-state index in [4.69, 9.17) is 9.72 Å². The van der Waals surface area contributed by atoms with Crippen LogP contribution < -0.4 is 0 Å². The second-order valence-corrected chi connectivity index (χ2v) is 10.7. The van der Waals surface area contributed by atoms with E-state index in [-0.39, 0.29) is 5.91 Å². The minimum atomic E-state index is 0.158. The largest absolute Gasteiger partial charge is 0.373 e. The number of ether oxygens (including phenoxy) is 1. The Morgan fingerprint density at radius 3 is 2.56 bits per heavy atom. The first-order chi connectivity index (χ1) is 16.5. The number of thioether (sulfide) groups is 1. The third kappa shape index (κ3) is 5.48. The topological polar surface area (TPSA) is 50.1 Å². The maximum atomic E-state index is 13.4. The molecule has 1 aromatic carbocycles. The molecule has 6 nitrogen and oxygen atoms in total. The molecule has 2 aromatic heterocycles. The van der Waals surface area contributed by atoms with Gasteiger partial charge in [0.2, 0.25) is 0 Å². The number of imidazole rings is 1. The Morgan fingerprint density at radius 2 is 1.79 bits per heavy atom. The van der Waals surface area contributed by atoms with Crippen LogP contribution in [0.5, 0.6) is 0 Å². The molecule has 180 valence electrons. The van der Waals surface area contributed by atoms with Crippen LogP contribution >= 0.6 is 11.8 Å². The van der Waals surface area contributed by atoms with E-state index in [1.54, 1.807) is 11.8 Å². The highest BCUT2D eigenvalue weighted by Crippen LogP contribution is 2.29. The number of hydrogen-bond acceptors (Lipinski definition) is 5. The number of amides is 1. The fourth-order valence-electron chi connectivity index (χ4n) is 5.27. The summed E-state index contributed by atoms with van der Waals surface area (Å²) >= 11 is 1.69. The molecular weight excluding hydrogens is 444 g/mol. The first kappa shape index (κ1) is 23.4. The zero-order valence-corrected chi connectivity index (χ0v) is 20.9. The van der Waals surface area contributed by atoms with Crippen molar-refractivity contribution < 1.29 is 9.53 Å². The number of hydrogen-bond donors (Lipinski definition) is 0. The SMILES string of the molecule is CC1CN(CC2CCN(C(=O)c3ccccc3SCc3cn4ccccc4n3)CC2)CC(C)O1. The fourth-order valence-corrected chi connectivity index (χ4v) is 6.19. The van der Waals surface area contributed by atoms with Crippen LogP contribution in [0, 0.1) is 5.92 Å². The first-order valence-electron chi connectivity index (χ1n) is 12.4. The van der Waals surface area contributed by atoms with E-state index in [2.05, 4.69) is 31.0 Å². The van der Waals surface area contributed by atoms with Crippen molar-refractivity contribution in [3.05, 3.63) is 66.1 Å². The molecule has 2 fully saturated rings. The number of likely N-dealkylation sites (tertiary alicyclic amines) is 1. The van der Waals surface area contributed by atoms with Crippen molar-refractivity contribution in [2.24, 2.45) is 5.92 Å². The Morgan fingerprint density at radius 1 is 1.06 bits per heavy atom. The van der Waals surface area contributed by atoms with E-state index in [1.165, 1.54) is 0 Å². The van der Waals surface area contributed by atoms with Gasteiger partial charge in [-0.3, -0.25) is 9.69 Å². The number of piperidine rings is 1. The molecule has 7 heteroatoms. The van der Waals surface area contributed by atoms with Crippen molar-refractivity contribution in [1.29, 1.82) is 0 Å². The summed E-state index contributed by atoms with van der Waals surface area (Å²) in [6.45, 7) is 9.14. The molecule has 2 atom stereocenters. The van der Waals surface area contributed by atoms with E-state index in [0.717, 1.165) is 73.1 Å². The molecule has 0 bridgehead atoms. The molecule has 0 spiro atoms. The van der Waals surface area contributed by atoms with Crippen molar-refractivity contribution in [1.82, 2.24) is 19.2 Å². The van der Waals surface area contributed by atoms with Gasteiger partial charge in [-0.2, -0.15) is 0 Å². The minimum absolute atomic E-state index is 0.158. The van der Waals surface area contributed by atoms with E-state index in [1.807, 2.05) is 51.9 Å². The second-order valence-electron chi connectivity index (χ2n) is 9.69. The van der Waals surface area contributed by atoms with Crippen LogP contribution in [-0.4, -0.2) is 70.0 Å². The molecule has 0 aliphatic carbocycles. The Bertz CT molecular complexity index is 1080. The molecule has 2 saturated heterocycles. The number of fused-ring (bicyclic) bond motifs is 1. The van der Waals surface area contributed by atoms with Crippen LogP contribution in [0.2, 0.25) is 0 Å². The molecule has 4 heterocycles. The van der Waals surface area contributed by atoms with Crippen LogP contribution in [0.15, 0.2) is 59.8 Å². The summed E-state index contributed by atoms with van der Waals surface area (Å²) in [5.41, 5.74) is 2.78. The minimum Gasteiger partial charge on any atom is -0.373 e. The fraction of sp³-hybridized carbons (Fsp3) is 0.481. The predicted molar refractivity (Wildman–Crippen MR) is 136 cm³/mol. The van der Waals surface area contributed by atoms with Crippen LogP contribution in [0.25, 0.3) is 5.65 Å². The van der Waals surface area contributed by atoms with Gasteiger partial charge in [0.15, 0.2) is 0 Å². The molecule has 1 amide bonds. The zero-order chi connectivity index (χ0) is 23.5. The van der Waals surface area contributed by atoms with Gasteiger partial charge in [0, 0.05) is 55.8 Å². The average Bonchev–Trinajstić information content (AvgIpc) is 3.25. The molecule has 2 aliphatic rings. The Labute approximate surface area is 206 Å². The molecule has 3 aromatic rings. The third-order valence-corrected chi connectivity index (χ3v) is 7.93. The van der Waals surface area contributed by atoms with Crippen molar-refractivity contribution in [2.75, 3.05) is 32.7 Å². The Hall–Kier alpha value is -2.35. The Kier molecular flexibility index (Phi) is 7.23. The zero-order valence-electron chi connectivity index (χ0n) is 20.1. The van der Waals surface area contributed by atoms with Gasteiger partial charge >= 0.3 is 0 Å². The number of aromatic nitrogens is 2. The summed E-state index contributed by atoms with van der Waals surface area (Å²) < 4.78 is 7.91. The lowest BCUT2D eigenvalue weighted by Gasteiger charge is -2.39. The highest BCUT2D eigenvalue weighted by atomic mass is 32.2. The molecule has 2 aliphatic heterocycles. The summed E-state index contributed by atoms with van der Waals surface area (Å²) in [7, 11) is 0. The van der Waals surface area contributed by atoms with Gasteiger partial charge in [-0.15, -0.1) is 11.8 Å². The lowest BCUT2D eigenvalue weighted by Crippen LogP contribution is -2.48. The van der Waals surface area contributed by atoms with Gasteiger partial charge in [-0.1, -0.05) is 18.2 Å². The monoisotopic (exact) mass is 478 g/mol. The van der Waals surface area contributed by atoms with E-state index in [9.17, 15) is 4.79 Å². The molecule has 0 saturated carbocycles. The lowest BCUT2D eigenvalue weighted by atomic mass is 9.95. The number of pyridine rings is 1. The van der Waals surface area contributed by atoms with Crippen molar-refractivity contribution in [3.8, 4) is 0 Å². The molecule has 34 heavy (non-hydrogen) atoms. The van der Waals surface area contributed by atoms with E-state index >= 15 is 0 Å². The third-order valence-electron chi connectivity index (χ3n) is 6.82. The summed E-state index contributed by atoms with van der Waals surface area (Å²) in [6, 6.07) is 14.0. The predicted octanol–water partition coefficient (Wildman–Crippen LogP) is 4.59. The van der Waals surface area contributed by atoms with Crippen molar-refractivity contribution in [3.63, 3.8) is 0 Å². The van der Waals surface area contributed by atoms with Gasteiger partial charge in [-0.25, -0.2) is 4.98 Å². The molecule has 0 radical (unpaired) electrons. The van der Waals surface area contributed by atoms with Gasteiger partial charge in [0.05, 0.1) is 23.5 Å². The van der Waals surface area contributed by atoms with Gasteiger partial charge in [-0.05, 0) is 56.9 Å². The Balaban J connectivity index is 1.17. The number of carbonyl (C=O) groups is 1. The maximum absolute atomic E-state index is 13.4. The van der Waals surface area contributed by atoms with Crippen LogP contribution in [-0.2, 0) is 10.5 Å². The number of rotatable bonds is 6. The first-order valence-corrected chi connectivity index (χ1v) is 13.4. The average molecular weight is 479 g/mol. The van der Waals surface area contributed by atoms with Gasteiger partial charge in [0.25, 0.3) is 5.91 Å². The smallest absolute Gasteiger partial charge is 0.254 e. The maximum Gasteiger partial charge on any atom is 0.254 e. The molecule has 5 rings (SSSR count). The molecular formula is C27H34N4O2S. The standard InChI is InChI=1S/C27H34N4O2S/c1-20-15-29(16-21(2)33-20)17-22-10-13-30(14-11-22)27(32)24-7-3-4-8-25(24)34-19-23-18-31-12-6-5-9-26(31)28-23/h3-9,12,18,20-22H,10-11,13-17,19H2,1-2H3. The highest BCUT2D eigenvalue weighted by molar-refractivity contribution is 7.98. The quantitative estimate of drug-likeness (QED) is 0.485. The van der Waals surface area contributed by atoms with Gasteiger partial charge in [0.1, 0.15) is 5.65 Å². The summed E-state index contributed by atoms with van der Waals surface area (Å²) in [5, 5.41) is 0. The number of nitrogens with zero attached hydrogens (tertiary/aromatic N) is 4. The van der Waals surface area contributed by atoms with Crippen LogP contribution in [0.4, 0.5) is 0 Å². The van der Waals surface area contributed by atoms with E-state index in [0.29, 0.717) is 18.1 Å². The second kappa shape index (κ2) is 10.5. The van der Waals surface area contributed by atoms with Crippen LogP contribution in [0.1, 0.15) is 42.7 Å². The summed E-state index contributed by atoms with van der Waals surface area (Å²) in [6.07, 6.45) is 6.83. The molecule has 2 unspecified atom stereocenters. The number of benzene rings is 1. The summed E-state index contributed by atoms with van der Waals surface area (Å²) in [5.74, 6) is 1.55. The number of morpholine rings is 1. The normalized spacial score (nSPS) is 22.4. The molecule has 0 N–H and O–H groups in total. The number of carbonyl (C=O) groups excluding carboxylic acids is 1. The highest BCUT2D eigenvalue weighted by Gasteiger charge is 2.29. The van der Waals surface area contributed by atoms with Crippen molar-refractivity contribution in [2.45, 2.75) is 49.5 Å². The van der Waals surface area contributed by atoms with Gasteiger partial charge < -0.3 is 14.0 Å². The lowest BCUT2D eigenvalue weighted by molar-refractivity contribution is -0.0728. The summed E-state index contributed by atoms with van der Waals surface area (Å²) in [4.78, 5) is 23.7. The van der Waals surface area contributed by atoms with Crippen LogP contribution in [0.3, 0.4) is 0 Å². The van der Waals surface area contributed by atoms with E-state index < -0.39 is 0 Å².